The fraction of sp³-hybridized carbons (Fsp3) is 0.500. The molecule has 6 heteroatoms. The first-order valence-corrected chi connectivity index (χ1v) is 19.6. The molecule has 0 heterocycles. The molecule has 0 aromatic heterocycles. The Balaban J connectivity index is 2.70. The maximum Gasteiger partial charge on any atom is 0.416 e. The first kappa shape index (κ1) is 21.4. The lowest BCUT2D eigenvalue weighted by Gasteiger charge is -2.47. The molecule has 0 aliphatic heterocycles. The molecule has 0 bridgehead atoms. The van der Waals surface area contributed by atoms with Gasteiger partial charge >= 0.3 is 6.18 Å². The van der Waals surface area contributed by atoms with E-state index in [1.54, 1.807) is 17.3 Å². The van der Waals surface area contributed by atoms with E-state index < -0.39 is 36.0 Å². The fourth-order valence-electron chi connectivity index (χ4n) is 3.80. The molecule has 1 aromatic carbocycles. The number of alkyl halides is 3. The summed E-state index contributed by atoms with van der Waals surface area (Å²) in [5.74, 6) is 0. The van der Waals surface area contributed by atoms with Gasteiger partial charge in [0.25, 0.3) is 0 Å². The number of hydrogen-bond donors (Lipinski definition) is 0. The molecular formula is C20H31F3Si3. The smallest absolute Gasteiger partial charge is 0.166 e. The molecule has 0 fully saturated rings. The standard InChI is InChI=1S/C20H31F3Si3/c1-24(2,3)17-16(14-10-12-15(13-11-14)20(21,22)23)18(25(4,5)6)19(17)26(7,8)9/h10-13H,1-9H3. The molecule has 0 saturated heterocycles. The third-order valence-corrected chi connectivity index (χ3v) is 11.3. The van der Waals surface area contributed by atoms with Crippen LogP contribution in [-0.2, 0) is 6.18 Å². The zero-order valence-electron chi connectivity index (χ0n) is 17.4. The zero-order valence-corrected chi connectivity index (χ0v) is 20.4. The van der Waals surface area contributed by atoms with Crippen molar-refractivity contribution < 1.29 is 13.2 Å². The van der Waals surface area contributed by atoms with Crippen molar-refractivity contribution in [3.63, 3.8) is 0 Å². The second kappa shape index (κ2) is 6.34. The first-order valence-electron chi connectivity index (χ1n) is 9.14. The first-order chi connectivity index (χ1) is 11.5. The second-order valence-electron chi connectivity index (χ2n) is 10.3. The van der Waals surface area contributed by atoms with Crippen LogP contribution < -0.4 is 0 Å². The Morgan fingerprint density at radius 3 is 1.27 bits per heavy atom. The highest BCUT2D eigenvalue weighted by molar-refractivity contribution is 6.99. The van der Waals surface area contributed by atoms with E-state index in [0.717, 1.165) is 5.56 Å². The lowest BCUT2D eigenvalue weighted by Crippen LogP contribution is -2.46. The minimum atomic E-state index is -4.28. The van der Waals surface area contributed by atoms with E-state index in [2.05, 4.69) is 58.9 Å². The summed E-state index contributed by atoms with van der Waals surface area (Å²) in [5.41, 5.74) is 1.68. The summed E-state index contributed by atoms with van der Waals surface area (Å²) in [4.78, 5) is 0. The van der Waals surface area contributed by atoms with Gasteiger partial charge in [0.1, 0.15) is 0 Å². The van der Waals surface area contributed by atoms with Gasteiger partial charge in [-0.15, -0.1) is 0 Å². The van der Waals surface area contributed by atoms with Gasteiger partial charge in [-0.2, -0.15) is 13.2 Å². The Morgan fingerprint density at radius 2 is 0.962 bits per heavy atom. The van der Waals surface area contributed by atoms with Gasteiger partial charge in [-0.1, -0.05) is 86.6 Å². The minimum absolute atomic E-state index is 0.570. The van der Waals surface area contributed by atoms with Gasteiger partial charge < -0.3 is 0 Å². The molecule has 0 radical (unpaired) electrons. The monoisotopic (exact) mass is 412 g/mol. The Labute approximate surface area is 159 Å². The zero-order chi connectivity index (χ0) is 20.3. The van der Waals surface area contributed by atoms with E-state index in [9.17, 15) is 13.2 Å². The van der Waals surface area contributed by atoms with Gasteiger partial charge in [-0.3, -0.25) is 0 Å². The summed E-state index contributed by atoms with van der Waals surface area (Å²) < 4.78 is 38.9. The van der Waals surface area contributed by atoms with E-state index in [1.807, 2.05) is 0 Å². The predicted octanol–water partition coefficient (Wildman–Crippen LogP) is 7.40. The van der Waals surface area contributed by atoms with Crippen LogP contribution in [0.5, 0.6) is 0 Å². The third-order valence-electron chi connectivity index (χ3n) is 4.75. The molecule has 0 nitrogen and oxygen atoms in total. The molecule has 1 aliphatic carbocycles. The Hall–Kier alpha value is -0.859. The normalized spacial score (nSPS) is 16.9. The number of rotatable bonds is 4. The molecule has 2 rings (SSSR count). The van der Waals surface area contributed by atoms with Crippen LogP contribution >= 0.6 is 0 Å². The molecule has 0 N–H and O–H groups in total. The van der Waals surface area contributed by atoms with Crippen molar-refractivity contribution in [2.24, 2.45) is 0 Å². The predicted molar refractivity (Wildman–Crippen MR) is 115 cm³/mol. The summed E-state index contributed by atoms with van der Waals surface area (Å²) >= 11 is 0. The molecule has 0 spiro atoms. The van der Waals surface area contributed by atoms with Crippen LogP contribution in [0.3, 0.4) is 0 Å². The van der Waals surface area contributed by atoms with E-state index >= 15 is 0 Å². The third kappa shape index (κ3) is 4.02. The molecular weight excluding hydrogens is 381 g/mol. The van der Waals surface area contributed by atoms with E-state index in [-0.39, 0.29) is 0 Å². The highest BCUT2D eigenvalue weighted by atomic mass is 28.3. The van der Waals surface area contributed by atoms with Gasteiger partial charge in [0, 0.05) is 0 Å². The summed E-state index contributed by atoms with van der Waals surface area (Å²) in [7, 11) is -4.74. The average Bonchev–Trinajstić information content (AvgIpc) is 2.31. The van der Waals surface area contributed by atoms with Crippen LogP contribution in [-0.4, -0.2) is 24.2 Å². The second-order valence-corrected chi connectivity index (χ2v) is 25.3. The van der Waals surface area contributed by atoms with Gasteiger partial charge in [0.2, 0.25) is 0 Å². The van der Waals surface area contributed by atoms with Crippen molar-refractivity contribution in [3.05, 3.63) is 51.0 Å². The van der Waals surface area contributed by atoms with Gasteiger partial charge in [0.15, 0.2) is 0 Å². The van der Waals surface area contributed by atoms with Crippen molar-refractivity contribution in [2.75, 3.05) is 0 Å². The summed E-state index contributed by atoms with van der Waals surface area (Å²) in [6, 6.07) is 5.83. The molecule has 0 unspecified atom stereocenters. The summed E-state index contributed by atoms with van der Waals surface area (Å²) in [6.45, 7) is 21.3. The van der Waals surface area contributed by atoms with Crippen LogP contribution in [0.4, 0.5) is 13.2 Å². The maximum absolute atomic E-state index is 13.0. The van der Waals surface area contributed by atoms with Crippen LogP contribution in [0, 0.1) is 0 Å². The van der Waals surface area contributed by atoms with Crippen LogP contribution in [0.1, 0.15) is 11.1 Å². The van der Waals surface area contributed by atoms with Crippen LogP contribution in [0.15, 0.2) is 39.9 Å². The minimum Gasteiger partial charge on any atom is -0.166 e. The molecule has 0 saturated carbocycles. The van der Waals surface area contributed by atoms with Crippen molar-refractivity contribution in [2.45, 2.75) is 65.1 Å². The summed E-state index contributed by atoms with van der Waals surface area (Å²) in [5, 5.41) is 4.63. The lowest BCUT2D eigenvalue weighted by molar-refractivity contribution is -0.137. The quantitative estimate of drug-likeness (QED) is 0.452. The molecule has 1 aliphatic rings. The van der Waals surface area contributed by atoms with Gasteiger partial charge in [-0.25, -0.2) is 0 Å². The Morgan fingerprint density at radius 1 is 0.577 bits per heavy atom. The fourth-order valence-corrected chi connectivity index (χ4v) is 14.1. The van der Waals surface area contributed by atoms with Crippen molar-refractivity contribution >= 4 is 29.8 Å². The Kier molecular flexibility index (Phi) is 5.23. The molecule has 26 heavy (non-hydrogen) atoms. The maximum atomic E-state index is 13.0. The summed E-state index contributed by atoms with van der Waals surface area (Å²) in [6.07, 6.45) is -4.28. The highest BCUT2D eigenvalue weighted by Gasteiger charge is 2.46. The molecule has 0 amide bonds. The lowest BCUT2D eigenvalue weighted by atomic mass is 9.97. The van der Waals surface area contributed by atoms with E-state index in [1.165, 1.54) is 28.1 Å². The van der Waals surface area contributed by atoms with Crippen molar-refractivity contribution in [3.8, 4) is 0 Å². The van der Waals surface area contributed by atoms with Crippen LogP contribution in [0.25, 0.3) is 5.57 Å². The van der Waals surface area contributed by atoms with Crippen molar-refractivity contribution in [1.82, 2.24) is 0 Å². The molecule has 1 aromatic rings. The average molecular weight is 413 g/mol. The number of benzene rings is 1. The SMILES string of the molecule is C[Si](C)(C)C1=C(c2ccc(C(F)(F)F)cc2)C([Si](C)(C)C)=C1[Si](C)(C)C. The van der Waals surface area contributed by atoms with Crippen LogP contribution in [0.2, 0.25) is 58.9 Å². The molecule has 144 valence electrons. The van der Waals surface area contributed by atoms with Crippen molar-refractivity contribution in [1.29, 1.82) is 0 Å². The molecule has 0 atom stereocenters. The van der Waals surface area contributed by atoms with Gasteiger partial charge in [-0.05, 0) is 23.3 Å². The number of allylic oxidation sites excluding steroid dienone is 4. The van der Waals surface area contributed by atoms with E-state index in [4.69, 9.17) is 0 Å². The number of hydrogen-bond acceptors (Lipinski definition) is 0. The largest absolute Gasteiger partial charge is 0.416 e. The van der Waals surface area contributed by atoms with Gasteiger partial charge in [0.05, 0.1) is 29.8 Å². The topological polar surface area (TPSA) is 0 Å². The Bertz CT molecular complexity index is 763. The highest BCUT2D eigenvalue weighted by Crippen LogP contribution is 2.52. The number of halogens is 3. The van der Waals surface area contributed by atoms with E-state index in [0.29, 0.717) is 0 Å².